The number of benzene rings is 1. The molecule has 5 heteroatoms. The van der Waals surface area contributed by atoms with E-state index in [1.165, 1.54) is 0 Å². The minimum Gasteiger partial charge on any atom is -0.376 e. The summed E-state index contributed by atoms with van der Waals surface area (Å²) in [5, 5.41) is 1.11. The van der Waals surface area contributed by atoms with Crippen LogP contribution >= 0.6 is 23.2 Å². The average molecular weight is 276 g/mol. The molecule has 3 nitrogen and oxygen atoms in total. The lowest BCUT2D eigenvalue weighted by atomic mass is 10.0. The highest BCUT2D eigenvalue weighted by Gasteiger charge is 2.22. The first-order valence-electron chi connectivity index (χ1n) is 5.55. The van der Waals surface area contributed by atoms with Gasteiger partial charge >= 0.3 is 0 Å². The molecule has 1 aliphatic heterocycles. The van der Waals surface area contributed by atoms with Gasteiger partial charge in [0.2, 0.25) is 0 Å². The van der Waals surface area contributed by atoms with Crippen LogP contribution in [-0.4, -0.2) is 32.0 Å². The molecular formula is C12H15Cl2NO2. The highest BCUT2D eigenvalue weighted by atomic mass is 35.5. The van der Waals surface area contributed by atoms with Gasteiger partial charge in [0, 0.05) is 6.04 Å². The molecule has 94 valence electrons. The van der Waals surface area contributed by atoms with E-state index >= 15 is 0 Å². The lowest BCUT2D eigenvalue weighted by Gasteiger charge is -2.28. The van der Waals surface area contributed by atoms with Crippen molar-refractivity contribution in [3.05, 3.63) is 33.8 Å². The van der Waals surface area contributed by atoms with Crippen LogP contribution < -0.4 is 5.73 Å². The lowest BCUT2D eigenvalue weighted by Crippen LogP contribution is -2.44. The molecule has 0 spiro atoms. The summed E-state index contributed by atoms with van der Waals surface area (Å²) in [5.41, 5.74) is 7.14. The molecule has 0 aromatic heterocycles. The topological polar surface area (TPSA) is 44.5 Å². The Bertz CT molecular complexity index is 381. The standard InChI is InChI=1S/C12H15Cl2NO2/c13-9-2-1-8(5-10(9)14)6-11(15)12-7-16-3-4-17-12/h1-2,5,11-12H,3-4,6-7,15H2. The van der Waals surface area contributed by atoms with Crippen LogP contribution in [-0.2, 0) is 15.9 Å². The number of hydrogen-bond donors (Lipinski definition) is 1. The predicted molar refractivity (Wildman–Crippen MR) is 68.7 cm³/mol. The Balaban J connectivity index is 1.96. The largest absolute Gasteiger partial charge is 0.376 e. The molecule has 1 aromatic rings. The van der Waals surface area contributed by atoms with Gasteiger partial charge in [-0.05, 0) is 24.1 Å². The fourth-order valence-electron chi connectivity index (χ4n) is 1.82. The molecule has 0 bridgehead atoms. The zero-order valence-corrected chi connectivity index (χ0v) is 10.9. The van der Waals surface area contributed by atoms with Crippen molar-refractivity contribution in [1.29, 1.82) is 0 Å². The van der Waals surface area contributed by atoms with E-state index in [1.54, 1.807) is 6.07 Å². The maximum atomic E-state index is 6.09. The minimum atomic E-state index is -0.0902. The number of hydrogen-bond acceptors (Lipinski definition) is 3. The molecule has 17 heavy (non-hydrogen) atoms. The van der Waals surface area contributed by atoms with E-state index in [1.807, 2.05) is 12.1 Å². The van der Waals surface area contributed by atoms with Crippen molar-refractivity contribution >= 4 is 23.2 Å². The lowest BCUT2D eigenvalue weighted by molar-refractivity contribution is -0.0967. The van der Waals surface area contributed by atoms with Gasteiger partial charge in [-0.2, -0.15) is 0 Å². The molecular weight excluding hydrogens is 261 g/mol. The molecule has 1 aliphatic rings. The molecule has 1 heterocycles. The Kier molecular flexibility index (Phi) is 4.65. The van der Waals surface area contributed by atoms with Gasteiger partial charge < -0.3 is 15.2 Å². The Morgan fingerprint density at radius 2 is 2.12 bits per heavy atom. The van der Waals surface area contributed by atoms with Crippen molar-refractivity contribution in [3.8, 4) is 0 Å². The molecule has 1 fully saturated rings. The maximum Gasteiger partial charge on any atom is 0.0963 e. The van der Waals surface area contributed by atoms with Gasteiger partial charge in [0.1, 0.15) is 0 Å². The third-order valence-corrected chi connectivity index (χ3v) is 3.51. The summed E-state index contributed by atoms with van der Waals surface area (Å²) in [6.07, 6.45) is 0.656. The molecule has 1 saturated heterocycles. The van der Waals surface area contributed by atoms with Gasteiger partial charge in [0.05, 0.1) is 36.0 Å². The van der Waals surface area contributed by atoms with Crippen molar-refractivity contribution in [2.45, 2.75) is 18.6 Å². The van der Waals surface area contributed by atoms with Crippen LogP contribution in [0, 0.1) is 0 Å². The molecule has 2 atom stereocenters. The van der Waals surface area contributed by atoms with E-state index < -0.39 is 0 Å². The summed E-state index contributed by atoms with van der Waals surface area (Å²) in [4.78, 5) is 0. The Morgan fingerprint density at radius 1 is 1.29 bits per heavy atom. The first-order chi connectivity index (χ1) is 8.16. The third kappa shape index (κ3) is 3.57. The van der Waals surface area contributed by atoms with Crippen LogP contribution in [0.25, 0.3) is 0 Å². The first kappa shape index (κ1) is 13.1. The molecule has 2 rings (SSSR count). The molecule has 0 saturated carbocycles. The highest BCUT2D eigenvalue weighted by Crippen LogP contribution is 2.23. The van der Waals surface area contributed by atoms with E-state index in [4.69, 9.17) is 38.4 Å². The Hall–Kier alpha value is -0.320. The van der Waals surface area contributed by atoms with E-state index in [2.05, 4.69) is 0 Å². The summed E-state index contributed by atoms with van der Waals surface area (Å²) >= 11 is 11.8. The number of ether oxygens (including phenoxy) is 2. The van der Waals surface area contributed by atoms with Gasteiger partial charge in [-0.3, -0.25) is 0 Å². The van der Waals surface area contributed by atoms with Crippen molar-refractivity contribution < 1.29 is 9.47 Å². The van der Waals surface area contributed by atoms with Crippen LogP contribution in [0.3, 0.4) is 0 Å². The molecule has 2 unspecified atom stereocenters. The van der Waals surface area contributed by atoms with Crippen LogP contribution in [0.1, 0.15) is 5.56 Å². The van der Waals surface area contributed by atoms with Crippen LogP contribution in [0.5, 0.6) is 0 Å². The number of nitrogens with two attached hydrogens (primary N) is 1. The Morgan fingerprint density at radius 3 is 2.76 bits per heavy atom. The van der Waals surface area contributed by atoms with Gasteiger partial charge in [-0.15, -0.1) is 0 Å². The zero-order valence-electron chi connectivity index (χ0n) is 9.36. The summed E-state index contributed by atoms with van der Waals surface area (Å²) < 4.78 is 10.9. The van der Waals surface area contributed by atoms with E-state index in [0.717, 1.165) is 5.56 Å². The molecule has 1 aromatic carbocycles. The van der Waals surface area contributed by atoms with Crippen molar-refractivity contribution in [3.63, 3.8) is 0 Å². The minimum absolute atomic E-state index is 0.0433. The quantitative estimate of drug-likeness (QED) is 0.921. The van der Waals surface area contributed by atoms with Crippen LogP contribution in [0.2, 0.25) is 10.0 Å². The summed E-state index contributed by atoms with van der Waals surface area (Å²) in [7, 11) is 0. The smallest absolute Gasteiger partial charge is 0.0963 e. The first-order valence-corrected chi connectivity index (χ1v) is 6.31. The SMILES string of the molecule is NC(Cc1ccc(Cl)c(Cl)c1)C1COCCO1. The van der Waals surface area contributed by atoms with Crippen LogP contribution in [0.4, 0.5) is 0 Å². The second kappa shape index (κ2) is 6.03. The number of rotatable bonds is 3. The summed E-state index contributed by atoms with van der Waals surface area (Å²) in [5.74, 6) is 0. The second-order valence-corrected chi connectivity index (χ2v) is 4.91. The average Bonchev–Trinajstić information content (AvgIpc) is 2.35. The molecule has 2 N–H and O–H groups in total. The van der Waals surface area contributed by atoms with Gasteiger partial charge in [-0.1, -0.05) is 29.3 Å². The zero-order chi connectivity index (χ0) is 12.3. The van der Waals surface area contributed by atoms with E-state index in [-0.39, 0.29) is 12.1 Å². The van der Waals surface area contributed by atoms with Gasteiger partial charge in [-0.25, -0.2) is 0 Å². The Labute approximate surface area is 111 Å². The summed E-state index contributed by atoms with van der Waals surface area (Å²) in [6.45, 7) is 1.82. The third-order valence-electron chi connectivity index (χ3n) is 2.77. The summed E-state index contributed by atoms with van der Waals surface area (Å²) in [6, 6.07) is 5.46. The van der Waals surface area contributed by atoms with E-state index in [0.29, 0.717) is 36.3 Å². The van der Waals surface area contributed by atoms with Crippen molar-refractivity contribution in [1.82, 2.24) is 0 Å². The molecule has 0 amide bonds. The number of halogens is 2. The van der Waals surface area contributed by atoms with Crippen molar-refractivity contribution in [2.75, 3.05) is 19.8 Å². The fraction of sp³-hybridized carbons (Fsp3) is 0.500. The normalized spacial score (nSPS) is 22.4. The molecule has 0 aliphatic carbocycles. The maximum absolute atomic E-state index is 6.09. The van der Waals surface area contributed by atoms with Gasteiger partial charge in [0.25, 0.3) is 0 Å². The van der Waals surface area contributed by atoms with E-state index in [9.17, 15) is 0 Å². The second-order valence-electron chi connectivity index (χ2n) is 4.10. The monoisotopic (exact) mass is 275 g/mol. The van der Waals surface area contributed by atoms with Gasteiger partial charge in [0.15, 0.2) is 0 Å². The fourth-order valence-corrected chi connectivity index (χ4v) is 2.14. The highest BCUT2D eigenvalue weighted by molar-refractivity contribution is 6.42. The predicted octanol–water partition coefficient (Wildman–Crippen LogP) is 2.28. The van der Waals surface area contributed by atoms with Crippen LogP contribution in [0.15, 0.2) is 18.2 Å². The molecule has 0 radical (unpaired) electrons. The van der Waals surface area contributed by atoms with Crippen molar-refractivity contribution in [2.24, 2.45) is 5.73 Å².